The summed E-state index contributed by atoms with van der Waals surface area (Å²) in [6.45, 7) is 0. The number of rotatable bonds is 14. The lowest BCUT2D eigenvalue weighted by Gasteiger charge is -2.19. The molecular weight excluding hydrogens is 696 g/mol. The van der Waals surface area contributed by atoms with Gasteiger partial charge in [-0.2, -0.15) is 0 Å². The van der Waals surface area contributed by atoms with E-state index in [4.69, 9.17) is 56.8 Å². The van der Waals surface area contributed by atoms with Crippen molar-refractivity contribution in [2.75, 3.05) is 71.1 Å². The molecular formula is C42H52O12. The smallest absolute Gasteiger partial charge is 0.203 e. The highest BCUT2D eigenvalue weighted by atomic mass is 16.5. The van der Waals surface area contributed by atoms with Gasteiger partial charge in [0.2, 0.25) is 11.5 Å². The average Bonchev–Trinajstić information content (AvgIpc) is 3.94. The summed E-state index contributed by atoms with van der Waals surface area (Å²) >= 11 is 0. The molecule has 2 heterocycles. The Balaban J connectivity index is 0.000000210. The fourth-order valence-electron chi connectivity index (χ4n) is 6.94. The Morgan fingerprint density at radius 3 is 0.833 bits per heavy atom. The van der Waals surface area contributed by atoms with Gasteiger partial charge in [-0.05, 0) is 96.5 Å². The summed E-state index contributed by atoms with van der Waals surface area (Å²) in [5.74, 6) is 6.47. The van der Waals surface area contributed by atoms with Gasteiger partial charge in [-0.25, -0.2) is 0 Å². The minimum atomic E-state index is -0.0900. The standard InChI is InChI=1S/C22H28O7.C20H24O5/c1-23-17-9-13(10-18(24-2)21(17)27-5)15-7-8-16(29-15)14-11-19(25-3)22(28-6)20(12-14)26-4;1-21-17-7-5-13(11-19(17)23-3)15-9-10-16(25-15)14-6-8-18(22-2)20(12-14)24-4/h9-12,15-16H,7-8H2,1-6H3;5-8,11-12,15-16H,9-10H2,1-4H3. The van der Waals surface area contributed by atoms with Crippen LogP contribution in [-0.4, -0.2) is 71.1 Å². The van der Waals surface area contributed by atoms with E-state index in [9.17, 15) is 0 Å². The second kappa shape index (κ2) is 18.7. The van der Waals surface area contributed by atoms with E-state index in [1.807, 2.05) is 60.7 Å². The average molecular weight is 749 g/mol. The van der Waals surface area contributed by atoms with E-state index in [-0.39, 0.29) is 24.4 Å². The van der Waals surface area contributed by atoms with Crippen LogP contribution in [0.2, 0.25) is 0 Å². The number of methoxy groups -OCH3 is 10. The van der Waals surface area contributed by atoms with Crippen molar-refractivity contribution in [2.24, 2.45) is 0 Å². The lowest BCUT2D eigenvalue weighted by atomic mass is 10.0. The Hall–Kier alpha value is -5.20. The third-order valence-electron chi connectivity index (χ3n) is 9.72. The molecule has 4 aromatic carbocycles. The van der Waals surface area contributed by atoms with Gasteiger partial charge in [0.1, 0.15) is 0 Å². The van der Waals surface area contributed by atoms with Gasteiger partial charge >= 0.3 is 0 Å². The zero-order chi connectivity index (χ0) is 38.8. The van der Waals surface area contributed by atoms with Gasteiger partial charge in [-0.1, -0.05) is 12.1 Å². The summed E-state index contributed by atoms with van der Waals surface area (Å²) in [6, 6.07) is 19.6. The van der Waals surface area contributed by atoms with Gasteiger partial charge in [-0.3, -0.25) is 0 Å². The van der Waals surface area contributed by atoms with Crippen LogP contribution in [0.4, 0.5) is 0 Å². The molecule has 2 aliphatic rings. The molecule has 12 heteroatoms. The van der Waals surface area contributed by atoms with Crippen LogP contribution in [0.5, 0.6) is 57.5 Å². The lowest BCUT2D eigenvalue weighted by molar-refractivity contribution is 0.0435. The van der Waals surface area contributed by atoms with Crippen molar-refractivity contribution in [1.29, 1.82) is 0 Å². The van der Waals surface area contributed by atoms with E-state index < -0.39 is 0 Å². The molecule has 4 unspecified atom stereocenters. The topological polar surface area (TPSA) is 111 Å². The SMILES string of the molecule is COc1cc(C2CCC(c3cc(OC)c(OC)c(OC)c3)O2)cc(OC)c1OC.COc1ccc(C2CCC(c3ccc(OC)c(OC)c3)O2)cc1OC. The van der Waals surface area contributed by atoms with E-state index in [0.29, 0.717) is 34.5 Å². The molecule has 4 atom stereocenters. The number of ether oxygens (including phenoxy) is 12. The van der Waals surface area contributed by atoms with E-state index >= 15 is 0 Å². The van der Waals surface area contributed by atoms with Gasteiger partial charge < -0.3 is 56.8 Å². The highest BCUT2D eigenvalue weighted by Gasteiger charge is 2.32. The predicted molar refractivity (Wildman–Crippen MR) is 203 cm³/mol. The summed E-state index contributed by atoms with van der Waals surface area (Å²) in [4.78, 5) is 0. The van der Waals surface area contributed by atoms with Crippen molar-refractivity contribution < 1.29 is 56.8 Å². The molecule has 0 N–H and O–H groups in total. The molecule has 4 aromatic rings. The molecule has 2 fully saturated rings. The molecule has 0 aliphatic carbocycles. The van der Waals surface area contributed by atoms with E-state index in [2.05, 4.69) is 0 Å². The van der Waals surface area contributed by atoms with Crippen LogP contribution in [0.3, 0.4) is 0 Å². The van der Waals surface area contributed by atoms with Gasteiger partial charge in [0.05, 0.1) is 95.5 Å². The third kappa shape index (κ3) is 8.61. The quantitative estimate of drug-likeness (QED) is 0.123. The maximum absolute atomic E-state index is 6.37. The molecule has 0 bridgehead atoms. The van der Waals surface area contributed by atoms with Crippen LogP contribution in [0, 0.1) is 0 Å². The van der Waals surface area contributed by atoms with Gasteiger partial charge in [0, 0.05) is 0 Å². The second-order valence-electron chi connectivity index (χ2n) is 12.5. The minimum absolute atomic E-state index is 0.0397. The summed E-state index contributed by atoms with van der Waals surface area (Å²) in [5, 5.41) is 0. The summed E-state index contributed by atoms with van der Waals surface area (Å²) in [6.07, 6.45) is 3.53. The Morgan fingerprint density at radius 1 is 0.315 bits per heavy atom. The Bertz CT molecular complexity index is 1660. The Morgan fingerprint density at radius 2 is 0.574 bits per heavy atom. The first-order chi connectivity index (χ1) is 26.3. The van der Waals surface area contributed by atoms with Crippen molar-refractivity contribution in [3.63, 3.8) is 0 Å². The predicted octanol–water partition coefficient (Wildman–Crippen LogP) is 8.64. The maximum atomic E-state index is 6.37. The lowest BCUT2D eigenvalue weighted by Crippen LogP contribution is -2.03. The van der Waals surface area contributed by atoms with Crippen molar-refractivity contribution in [1.82, 2.24) is 0 Å². The first-order valence-electron chi connectivity index (χ1n) is 17.6. The van der Waals surface area contributed by atoms with E-state index in [0.717, 1.165) is 70.9 Å². The van der Waals surface area contributed by atoms with Gasteiger partial charge in [0.25, 0.3) is 0 Å². The molecule has 292 valence electrons. The fraction of sp³-hybridized carbons (Fsp3) is 0.429. The summed E-state index contributed by atoms with van der Waals surface area (Å²) in [5.41, 5.74) is 4.16. The van der Waals surface area contributed by atoms with Gasteiger partial charge in [-0.15, -0.1) is 0 Å². The van der Waals surface area contributed by atoms with Crippen molar-refractivity contribution in [2.45, 2.75) is 50.1 Å². The summed E-state index contributed by atoms with van der Waals surface area (Å²) < 4.78 is 66.7. The van der Waals surface area contributed by atoms with E-state index in [1.54, 1.807) is 71.1 Å². The number of hydrogen-bond acceptors (Lipinski definition) is 12. The monoisotopic (exact) mass is 748 g/mol. The van der Waals surface area contributed by atoms with Crippen LogP contribution in [-0.2, 0) is 9.47 Å². The molecule has 12 nitrogen and oxygen atoms in total. The van der Waals surface area contributed by atoms with Crippen LogP contribution in [0.15, 0.2) is 60.7 Å². The third-order valence-corrected chi connectivity index (χ3v) is 9.72. The first-order valence-corrected chi connectivity index (χ1v) is 17.6. The van der Waals surface area contributed by atoms with Crippen molar-refractivity contribution in [3.8, 4) is 57.5 Å². The zero-order valence-corrected chi connectivity index (χ0v) is 32.8. The molecule has 2 aliphatic heterocycles. The minimum Gasteiger partial charge on any atom is -0.493 e. The number of hydrogen-bond donors (Lipinski definition) is 0. The highest BCUT2D eigenvalue weighted by molar-refractivity contribution is 5.56. The van der Waals surface area contributed by atoms with E-state index in [1.165, 1.54) is 0 Å². The van der Waals surface area contributed by atoms with Crippen molar-refractivity contribution in [3.05, 3.63) is 82.9 Å². The highest BCUT2D eigenvalue weighted by Crippen LogP contribution is 2.49. The largest absolute Gasteiger partial charge is 0.493 e. The first kappa shape index (κ1) is 40.0. The molecule has 0 radical (unpaired) electrons. The molecule has 0 aromatic heterocycles. The Kier molecular flexibility index (Phi) is 13.9. The van der Waals surface area contributed by atoms with Crippen LogP contribution < -0.4 is 47.4 Å². The molecule has 6 rings (SSSR count). The van der Waals surface area contributed by atoms with Crippen LogP contribution >= 0.6 is 0 Å². The second-order valence-corrected chi connectivity index (χ2v) is 12.5. The Labute approximate surface area is 318 Å². The van der Waals surface area contributed by atoms with Gasteiger partial charge in [0.15, 0.2) is 46.0 Å². The zero-order valence-electron chi connectivity index (χ0n) is 32.8. The molecule has 0 saturated carbocycles. The summed E-state index contributed by atoms with van der Waals surface area (Å²) in [7, 11) is 16.2. The molecule has 54 heavy (non-hydrogen) atoms. The van der Waals surface area contributed by atoms with Crippen molar-refractivity contribution >= 4 is 0 Å². The maximum Gasteiger partial charge on any atom is 0.203 e. The fourth-order valence-corrected chi connectivity index (χ4v) is 6.94. The van der Waals surface area contributed by atoms with Crippen LogP contribution in [0.1, 0.15) is 72.4 Å². The molecule has 2 saturated heterocycles. The normalized spacial score (nSPS) is 18.9. The molecule has 0 amide bonds. The van der Waals surface area contributed by atoms with Crippen LogP contribution in [0.25, 0.3) is 0 Å². The number of benzene rings is 4. The molecule has 0 spiro atoms.